The van der Waals surface area contributed by atoms with Gasteiger partial charge >= 0.3 is 0 Å². The lowest BCUT2D eigenvalue weighted by molar-refractivity contribution is 0.681. The van der Waals surface area contributed by atoms with Crippen molar-refractivity contribution >= 4 is 11.5 Å². The van der Waals surface area contributed by atoms with Crippen LogP contribution in [0.4, 0.5) is 0 Å². The Labute approximate surface area is 72.6 Å². The normalized spacial score (nSPS) is 10.3. The zero-order chi connectivity index (χ0) is 7.94. The summed E-state index contributed by atoms with van der Waals surface area (Å²) in [5, 5.41) is 2.04. The Balaban J connectivity index is 2.04. The van der Waals surface area contributed by atoms with Crippen molar-refractivity contribution in [1.29, 1.82) is 0 Å². The van der Waals surface area contributed by atoms with Gasteiger partial charge in [0.1, 0.15) is 0 Å². The minimum atomic E-state index is 1.07. The van der Waals surface area contributed by atoms with E-state index in [0.717, 1.165) is 12.8 Å². The first kappa shape index (κ1) is 8.72. The van der Waals surface area contributed by atoms with E-state index >= 15 is 0 Å². The number of rotatable bonds is 5. The van der Waals surface area contributed by atoms with E-state index in [0.29, 0.717) is 0 Å². The molecular formula is C9H14NS. The Kier molecular flexibility index (Phi) is 4.21. The topological polar surface area (TPSA) is 12.9 Å². The highest BCUT2D eigenvalue weighted by Crippen LogP contribution is 2.06. The Morgan fingerprint density at radius 3 is 2.91 bits per heavy atom. The summed E-state index contributed by atoms with van der Waals surface area (Å²) in [7, 11) is 0. The molecule has 0 aromatic carbocycles. The van der Waals surface area contributed by atoms with Crippen LogP contribution in [0.15, 0.2) is 11.4 Å². The molecular weight excluding hydrogens is 154 g/mol. The number of hydrogen-bond donors (Lipinski definition) is 0. The van der Waals surface area contributed by atoms with E-state index in [1.807, 2.05) is 5.38 Å². The molecule has 0 fully saturated rings. The van der Waals surface area contributed by atoms with E-state index in [2.05, 4.69) is 17.4 Å². The summed E-state index contributed by atoms with van der Waals surface area (Å²) < 4.78 is 4.24. The minimum absolute atomic E-state index is 1.07. The van der Waals surface area contributed by atoms with E-state index in [4.69, 9.17) is 0 Å². The second-order valence-corrected chi connectivity index (χ2v) is 3.32. The van der Waals surface area contributed by atoms with Gasteiger partial charge < -0.3 is 0 Å². The van der Waals surface area contributed by atoms with Crippen LogP contribution in [0.3, 0.4) is 0 Å². The lowest BCUT2D eigenvalue weighted by Gasteiger charge is -1.95. The fourth-order valence-electron chi connectivity index (χ4n) is 1.03. The molecule has 1 aromatic rings. The fourth-order valence-corrected chi connectivity index (χ4v) is 1.59. The van der Waals surface area contributed by atoms with Crippen molar-refractivity contribution in [3.63, 3.8) is 0 Å². The third-order valence-electron chi connectivity index (χ3n) is 1.67. The molecule has 61 valence electrons. The molecule has 0 aliphatic heterocycles. The largest absolute Gasteiger partial charge is 0.198 e. The van der Waals surface area contributed by atoms with Crippen LogP contribution in [0.1, 0.15) is 31.4 Å². The van der Waals surface area contributed by atoms with Crippen LogP contribution in [0, 0.1) is 6.92 Å². The van der Waals surface area contributed by atoms with Crippen molar-refractivity contribution in [2.75, 3.05) is 0 Å². The monoisotopic (exact) mass is 168 g/mol. The van der Waals surface area contributed by atoms with Crippen LogP contribution in [0.2, 0.25) is 0 Å². The van der Waals surface area contributed by atoms with Crippen molar-refractivity contribution < 1.29 is 0 Å². The first-order valence-corrected chi connectivity index (χ1v) is 4.95. The van der Waals surface area contributed by atoms with Gasteiger partial charge in [-0.15, -0.1) is 0 Å². The van der Waals surface area contributed by atoms with Crippen LogP contribution in [0.5, 0.6) is 0 Å². The summed E-state index contributed by atoms with van der Waals surface area (Å²) in [6.07, 6.45) is 6.02. The van der Waals surface area contributed by atoms with Gasteiger partial charge in [-0.05, 0) is 30.4 Å². The SMILES string of the molecule is [CH2]CCCCCc1ccsn1. The number of aromatic nitrogens is 1. The third kappa shape index (κ3) is 3.51. The maximum absolute atomic E-state index is 4.24. The first-order chi connectivity index (χ1) is 5.43. The predicted molar refractivity (Wildman–Crippen MR) is 49.6 cm³/mol. The molecule has 1 nitrogen and oxygen atoms in total. The third-order valence-corrected chi connectivity index (χ3v) is 2.27. The lowest BCUT2D eigenvalue weighted by Crippen LogP contribution is -1.84. The number of hydrogen-bond acceptors (Lipinski definition) is 2. The highest BCUT2D eigenvalue weighted by atomic mass is 32.1. The van der Waals surface area contributed by atoms with Gasteiger partial charge in [0.25, 0.3) is 0 Å². The smallest absolute Gasteiger partial charge is 0.0542 e. The molecule has 1 aromatic heterocycles. The number of aryl methyl sites for hydroxylation is 1. The van der Waals surface area contributed by atoms with Gasteiger partial charge in [0.05, 0.1) is 5.69 Å². The average molecular weight is 168 g/mol. The molecule has 0 saturated carbocycles. The van der Waals surface area contributed by atoms with Gasteiger partial charge in [-0.3, -0.25) is 0 Å². The summed E-state index contributed by atoms with van der Waals surface area (Å²) in [5.74, 6) is 0. The molecule has 1 heterocycles. The molecule has 0 bridgehead atoms. The van der Waals surface area contributed by atoms with E-state index in [9.17, 15) is 0 Å². The quantitative estimate of drug-likeness (QED) is 0.616. The second kappa shape index (κ2) is 5.30. The van der Waals surface area contributed by atoms with Crippen LogP contribution in [-0.2, 0) is 6.42 Å². The zero-order valence-electron chi connectivity index (χ0n) is 6.75. The summed E-state index contributed by atoms with van der Waals surface area (Å²) in [4.78, 5) is 0. The molecule has 1 radical (unpaired) electrons. The summed E-state index contributed by atoms with van der Waals surface area (Å²) in [5.41, 5.74) is 1.25. The van der Waals surface area contributed by atoms with Crippen LogP contribution in [-0.4, -0.2) is 4.37 Å². The average Bonchev–Trinajstić information content (AvgIpc) is 2.50. The van der Waals surface area contributed by atoms with Gasteiger partial charge in [0, 0.05) is 5.38 Å². The number of nitrogens with zero attached hydrogens (tertiary/aromatic N) is 1. The lowest BCUT2D eigenvalue weighted by atomic mass is 10.1. The molecule has 0 unspecified atom stereocenters. The van der Waals surface area contributed by atoms with Gasteiger partial charge in [-0.2, -0.15) is 4.37 Å². The second-order valence-electron chi connectivity index (χ2n) is 2.65. The Morgan fingerprint density at radius 1 is 1.36 bits per heavy atom. The maximum Gasteiger partial charge on any atom is 0.0542 e. The van der Waals surface area contributed by atoms with Crippen molar-refractivity contribution in [2.45, 2.75) is 32.1 Å². The van der Waals surface area contributed by atoms with Crippen LogP contribution in [0.25, 0.3) is 0 Å². The number of unbranched alkanes of at least 4 members (excludes halogenated alkanes) is 3. The Hall–Kier alpha value is -0.370. The fraction of sp³-hybridized carbons (Fsp3) is 0.556. The van der Waals surface area contributed by atoms with Gasteiger partial charge in [0.15, 0.2) is 0 Å². The Morgan fingerprint density at radius 2 is 2.27 bits per heavy atom. The highest BCUT2D eigenvalue weighted by Gasteiger charge is 1.93. The Bertz CT molecular complexity index is 170. The van der Waals surface area contributed by atoms with Crippen LogP contribution < -0.4 is 0 Å². The predicted octanol–water partition coefficient (Wildman–Crippen LogP) is 3.08. The zero-order valence-corrected chi connectivity index (χ0v) is 7.57. The highest BCUT2D eigenvalue weighted by molar-refractivity contribution is 7.03. The van der Waals surface area contributed by atoms with E-state index in [1.165, 1.54) is 25.0 Å². The summed E-state index contributed by atoms with van der Waals surface area (Å²) in [6, 6.07) is 2.11. The van der Waals surface area contributed by atoms with Gasteiger partial charge in [0.2, 0.25) is 0 Å². The van der Waals surface area contributed by atoms with E-state index in [1.54, 1.807) is 11.5 Å². The molecule has 0 N–H and O–H groups in total. The summed E-state index contributed by atoms with van der Waals surface area (Å²) >= 11 is 1.54. The van der Waals surface area contributed by atoms with Crippen molar-refractivity contribution in [3.8, 4) is 0 Å². The molecule has 11 heavy (non-hydrogen) atoms. The standard InChI is InChI=1S/C9H14NS/c1-2-3-4-5-6-9-7-8-11-10-9/h7-8H,1-6H2. The molecule has 0 aliphatic rings. The van der Waals surface area contributed by atoms with E-state index < -0.39 is 0 Å². The van der Waals surface area contributed by atoms with E-state index in [-0.39, 0.29) is 0 Å². The minimum Gasteiger partial charge on any atom is -0.198 e. The summed E-state index contributed by atoms with van der Waals surface area (Å²) in [6.45, 7) is 3.81. The molecule has 0 aliphatic carbocycles. The first-order valence-electron chi connectivity index (χ1n) is 4.12. The van der Waals surface area contributed by atoms with Crippen LogP contribution >= 0.6 is 11.5 Å². The molecule has 0 saturated heterocycles. The maximum atomic E-state index is 4.24. The molecule has 0 spiro atoms. The molecule has 0 atom stereocenters. The van der Waals surface area contributed by atoms with Crippen molar-refractivity contribution in [2.24, 2.45) is 0 Å². The van der Waals surface area contributed by atoms with Gasteiger partial charge in [-0.25, -0.2) is 0 Å². The molecule has 2 heteroatoms. The molecule has 0 amide bonds. The van der Waals surface area contributed by atoms with Crippen molar-refractivity contribution in [3.05, 3.63) is 24.1 Å². The molecule has 1 rings (SSSR count). The van der Waals surface area contributed by atoms with Crippen molar-refractivity contribution in [1.82, 2.24) is 4.37 Å². The van der Waals surface area contributed by atoms with Gasteiger partial charge in [-0.1, -0.05) is 26.2 Å².